The van der Waals surface area contributed by atoms with Gasteiger partial charge in [-0.15, -0.1) is 0 Å². The summed E-state index contributed by atoms with van der Waals surface area (Å²) < 4.78 is 5.00. The first kappa shape index (κ1) is 23.7. The number of carbonyl (C=O) groups excluding carboxylic acids is 3. The number of hydrogen-bond acceptors (Lipinski definition) is 4. The molecule has 1 aliphatic rings. The number of nitrogens with zero attached hydrogens (tertiary/aromatic N) is 1. The molecule has 1 fully saturated rings. The van der Waals surface area contributed by atoms with E-state index in [9.17, 15) is 14.4 Å². The molecule has 1 aliphatic heterocycles. The Morgan fingerprint density at radius 1 is 1.10 bits per heavy atom. The van der Waals surface area contributed by atoms with Crippen molar-refractivity contribution >= 4 is 17.8 Å². The van der Waals surface area contributed by atoms with Crippen molar-refractivity contribution in [3.05, 3.63) is 35.4 Å². The van der Waals surface area contributed by atoms with E-state index in [1.807, 2.05) is 32.9 Å². The van der Waals surface area contributed by atoms with Crippen LogP contribution in [0, 0.1) is 12.8 Å². The molecule has 30 heavy (non-hydrogen) atoms. The van der Waals surface area contributed by atoms with Gasteiger partial charge in [0.05, 0.1) is 6.61 Å². The minimum Gasteiger partial charge on any atom is -0.383 e. The van der Waals surface area contributed by atoms with Crippen LogP contribution in [0.25, 0.3) is 0 Å². The Bertz CT molecular complexity index is 712. The summed E-state index contributed by atoms with van der Waals surface area (Å²) in [5.41, 5.74) is 1.58. The summed E-state index contributed by atoms with van der Waals surface area (Å²) in [7, 11) is 1.57. The van der Waals surface area contributed by atoms with Crippen LogP contribution in [0.5, 0.6) is 0 Å². The molecule has 8 nitrogen and oxygen atoms in total. The van der Waals surface area contributed by atoms with Crippen LogP contribution in [0.2, 0.25) is 0 Å². The largest absolute Gasteiger partial charge is 0.383 e. The monoisotopic (exact) mass is 418 g/mol. The molecule has 0 saturated carbocycles. The smallest absolute Gasteiger partial charge is 0.317 e. The fourth-order valence-corrected chi connectivity index (χ4v) is 3.49. The molecule has 1 atom stereocenters. The van der Waals surface area contributed by atoms with Crippen LogP contribution in [-0.4, -0.2) is 68.2 Å². The lowest BCUT2D eigenvalue weighted by atomic mass is 9.88. The van der Waals surface area contributed by atoms with Gasteiger partial charge in [0.15, 0.2) is 0 Å². The number of likely N-dealkylation sites (tertiary alicyclic amines) is 1. The highest BCUT2D eigenvalue weighted by Crippen LogP contribution is 2.22. The van der Waals surface area contributed by atoms with Gasteiger partial charge in [-0.2, -0.15) is 0 Å². The topological polar surface area (TPSA) is 99.8 Å². The minimum atomic E-state index is -0.661. The van der Waals surface area contributed by atoms with E-state index in [2.05, 4.69) is 16.0 Å². The van der Waals surface area contributed by atoms with Crippen molar-refractivity contribution in [2.75, 3.05) is 33.4 Å². The summed E-state index contributed by atoms with van der Waals surface area (Å²) in [6.45, 7) is 7.67. The minimum absolute atomic E-state index is 0.0509. The maximum Gasteiger partial charge on any atom is 0.317 e. The van der Waals surface area contributed by atoms with Gasteiger partial charge in [-0.05, 0) is 51.7 Å². The Kier molecular flexibility index (Phi) is 9.11. The molecule has 4 amide bonds. The molecule has 0 bridgehead atoms. The zero-order chi connectivity index (χ0) is 22.1. The number of aryl methyl sites for hydroxylation is 1. The molecular weight excluding hydrogens is 384 g/mol. The molecule has 0 unspecified atom stereocenters. The van der Waals surface area contributed by atoms with E-state index in [0.717, 1.165) is 5.56 Å². The second-order valence-electron chi connectivity index (χ2n) is 8.03. The number of urea groups is 1. The fraction of sp³-hybridized carbons (Fsp3) is 0.591. The van der Waals surface area contributed by atoms with Gasteiger partial charge in [-0.1, -0.05) is 17.7 Å². The van der Waals surface area contributed by atoms with Crippen LogP contribution in [0.15, 0.2) is 24.3 Å². The number of amides is 4. The first-order valence-corrected chi connectivity index (χ1v) is 10.5. The fourth-order valence-electron chi connectivity index (χ4n) is 3.49. The normalized spacial score (nSPS) is 15.6. The molecule has 1 heterocycles. The molecular formula is C22H34N4O4. The van der Waals surface area contributed by atoms with Crippen LogP contribution < -0.4 is 16.0 Å². The molecule has 0 aromatic heterocycles. The Labute approximate surface area is 178 Å². The highest BCUT2D eigenvalue weighted by molar-refractivity contribution is 5.97. The third-order valence-corrected chi connectivity index (χ3v) is 5.20. The van der Waals surface area contributed by atoms with Gasteiger partial charge in [-0.25, -0.2) is 4.79 Å². The first-order valence-electron chi connectivity index (χ1n) is 10.5. The van der Waals surface area contributed by atoms with Crippen LogP contribution in [0.4, 0.5) is 4.79 Å². The summed E-state index contributed by atoms with van der Waals surface area (Å²) >= 11 is 0. The lowest BCUT2D eigenvalue weighted by molar-refractivity contribution is -0.124. The lowest BCUT2D eigenvalue weighted by Crippen LogP contribution is -2.55. The Morgan fingerprint density at radius 3 is 2.30 bits per heavy atom. The second-order valence-corrected chi connectivity index (χ2v) is 8.03. The molecule has 0 spiro atoms. The maximum atomic E-state index is 12.8. The van der Waals surface area contributed by atoms with E-state index in [0.29, 0.717) is 44.6 Å². The number of rotatable bonds is 8. The average Bonchev–Trinajstić information content (AvgIpc) is 2.72. The van der Waals surface area contributed by atoms with Crippen molar-refractivity contribution in [1.82, 2.24) is 20.9 Å². The van der Waals surface area contributed by atoms with E-state index in [1.165, 1.54) is 0 Å². The maximum absolute atomic E-state index is 12.8. The van der Waals surface area contributed by atoms with Crippen molar-refractivity contribution < 1.29 is 19.1 Å². The predicted octanol–water partition coefficient (Wildman–Crippen LogP) is 1.69. The number of methoxy groups -OCH3 is 1. The van der Waals surface area contributed by atoms with Crippen molar-refractivity contribution in [2.24, 2.45) is 5.92 Å². The number of nitrogens with one attached hydrogen (secondary N) is 3. The van der Waals surface area contributed by atoms with E-state index in [1.54, 1.807) is 24.1 Å². The molecule has 0 radical (unpaired) electrons. The summed E-state index contributed by atoms with van der Waals surface area (Å²) in [6, 6.07) is 6.57. The zero-order valence-corrected chi connectivity index (χ0v) is 18.4. The van der Waals surface area contributed by atoms with Crippen molar-refractivity contribution in [3.8, 4) is 0 Å². The van der Waals surface area contributed by atoms with Crippen molar-refractivity contribution in [1.29, 1.82) is 0 Å². The Morgan fingerprint density at radius 2 is 1.73 bits per heavy atom. The SMILES string of the molecule is COCCNC(=O)[C@H](NC(=O)c1ccc(C)cc1)C1CCN(C(=O)NC(C)C)CC1. The van der Waals surface area contributed by atoms with Gasteiger partial charge in [0.1, 0.15) is 6.04 Å². The van der Waals surface area contributed by atoms with Gasteiger partial charge < -0.3 is 25.6 Å². The average molecular weight is 419 g/mol. The third kappa shape index (κ3) is 7.02. The standard InChI is InChI=1S/C22H34N4O4/c1-15(2)24-22(29)26-12-9-17(10-13-26)19(21(28)23-11-14-30-4)25-20(27)18-7-5-16(3)6-8-18/h5-8,15,17,19H,9-14H2,1-4H3,(H,23,28)(H,24,29)(H,25,27)/t19-/m1/s1. The van der Waals surface area contributed by atoms with E-state index < -0.39 is 6.04 Å². The van der Waals surface area contributed by atoms with Crippen LogP contribution in [-0.2, 0) is 9.53 Å². The van der Waals surface area contributed by atoms with E-state index in [4.69, 9.17) is 4.74 Å². The summed E-state index contributed by atoms with van der Waals surface area (Å²) in [5.74, 6) is -0.551. The van der Waals surface area contributed by atoms with E-state index in [-0.39, 0.29) is 29.8 Å². The van der Waals surface area contributed by atoms with Crippen LogP contribution in [0.3, 0.4) is 0 Å². The van der Waals surface area contributed by atoms with Crippen molar-refractivity contribution in [2.45, 2.75) is 45.7 Å². The highest BCUT2D eigenvalue weighted by Gasteiger charge is 2.34. The molecule has 1 aromatic carbocycles. The number of benzene rings is 1. The van der Waals surface area contributed by atoms with Crippen LogP contribution in [0.1, 0.15) is 42.6 Å². The third-order valence-electron chi connectivity index (χ3n) is 5.20. The molecule has 166 valence electrons. The second kappa shape index (κ2) is 11.5. The number of piperidine rings is 1. The molecule has 3 N–H and O–H groups in total. The summed E-state index contributed by atoms with van der Waals surface area (Å²) in [5, 5.41) is 8.65. The molecule has 8 heteroatoms. The Hall–Kier alpha value is -2.61. The molecule has 2 rings (SSSR count). The molecule has 1 aromatic rings. The number of hydrogen-bond donors (Lipinski definition) is 3. The quantitative estimate of drug-likeness (QED) is 0.560. The van der Waals surface area contributed by atoms with E-state index >= 15 is 0 Å². The zero-order valence-electron chi connectivity index (χ0n) is 18.4. The predicted molar refractivity (Wildman–Crippen MR) is 115 cm³/mol. The van der Waals surface area contributed by atoms with Crippen molar-refractivity contribution in [3.63, 3.8) is 0 Å². The summed E-state index contributed by atoms with van der Waals surface area (Å²) in [6.07, 6.45) is 1.28. The first-order chi connectivity index (χ1) is 14.3. The lowest BCUT2D eigenvalue weighted by Gasteiger charge is -2.36. The number of ether oxygens (including phenoxy) is 1. The molecule has 0 aliphatic carbocycles. The Balaban J connectivity index is 2.04. The van der Waals surface area contributed by atoms with Gasteiger partial charge in [-0.3, -0.25) is 9.59 Å². The summed E-state index contributed by atoms with van der Waals surface area (Å²) in [4.78, 5) is 39.6. The van der Waals surface area contributed by atoms with Gasteiger partial charge >= 0.3 is 6.03 Å². The van der Waals surface area contributed by atoms with Gasteiger partial charge in [0.25, 0.3) is 5.91 Å². The van der Waals surface area contributed by atoms with Crippen LogP contribution >= 0.6 is 0 Å². The highest BCUT2D eigenvalue weighted by atomic mass is 16.5. The van der Waals surface area contributed by atoms with Gasteiger partial charge in [0, 0.05) is 38.3 Å². The van der Waals surface area contributed by atoms with Gasteiger partial charge in [0.2, 0.25) is 5.91 Å². The number of carbonyl (C=O) groups is 3. The molecule has 1 saturated heterocycles.